The SMILES string of the molecule is COC(=O)C1=C2Nc3cc(O)ccc3[C@@]23CCN2CCC[C@@]([C@H](C)OC(=O)c4cc(OC)c(OC)c(OC)c4)(C1)[C@H]23. The van der Waals surface area contributed by atoms with E-state index in [-0.39, 0.29) is 17.4 Å². The van der Waals surface area contributed by atoms with Crippen molar-refractivity contribution < 1.29 is 38.4 Å². The molecule has 1 spiro atoms. The highest BCUT2D eigenvalue weighted by atomic mass is 16.5. The molecule has 3 aliphatic heterocycles. The minimum atomic E-state index is -0.556. The molecular formula is C31H36N2O8. The molecule has 0 unspecified atom stereocenters. The topological polar surface area (TPSA) is 116 Å². The molecule has 0 bridgehead atoms. The van der Waals surface area contributed by atoms with Gasteiger partial charge in [-0.05, 0) is 69.5 Å². The van der Waals surface area contributed by atoms with Crippen LogP contribution in [0.2, 0.25) is 0 Å². The Morgan fingerprint density at radius 3 is 2.39 bits per heavy atom. The summed E-state index contributed by atoms with van der Waals surface area (Å²) >= 11 is 0. The van der Waals surface area contributed by atoms with Gasteiger partial charge in [0.2, 0.25) is 5.75 Å². The summed E-state index contributed by atoms with van der Waals surface area (Å²) in [6, 6.07) is 8.52. The first-order valence-corrected chi connectivity index (χ1v) is 13.9. The van der Waals surface area contributed by atoms with Gasteiger partial charge in [-0.25, -0.2) is 9.59 Å². The number of methoxy groups -OCH3 is 4. The fourth-order valence-electron chi connectivity index (χ4n) is 8.05. The number of piperidine rings is 1. The summed E-state index contributed by atoms with van der Waals surface area (Å²) < 4.78 is 27.9. The van der Waals surface area contributed by atoms with E-state index in [9.17, 15) is 14.7 Å². The zero-order valence-corrected chi connectivity index (χ0v) is 24.0. The number of phenolic OH excluding ortho intramolecular Hbond substituents is 1. The molecule has 3 heterocycles. The predicted octanol–water partition coefficient (Wildman–Crippen LogP) is 4.01. The van der Waals surface area contributed by atoms with Gasteiger partial charge in [-0.15, -0.1) is 0 Å². The number of esters is 2. The molecule has 0 amide bonds. The average molecular weight is 565 g/mol. The number of aromatic hydroxyl groups is 1. The Kier molecular flexibility index (Phi) is 6.56. The maximum absolute atomic E-state index is 13.7. The lowest BCUT2D eigenvalue weighted by Crippen LogP contribution is -2.64. The molecule has 2 aromatic rings. The fourth-order valence-corrected chi connectivity index (χ4v) is 8.05. The quantitative estimate of drug-likeness (QED) is 0.478. The van der Waals surface area contributed by atoms with Crippen molar-refractivity contribution in [3.8, 4) is 23.0 Å². The van der Waals surface area contributed by atoms with E-state index in [0.717, 1.165) is 49.3 Å². The van der Waals surface area contributed by atoms with Crippen molar-refractivity contribution in [1.29, 1.82) is 0 Å². The molecule has 2 N–H and O–H groups in total. The van der Waals surface area contributed by atoms with E-state index in [1.54, 1.807) is 24.3 Å². The highest BCUT2D eigenvalue weighted by Crippen LogP contribution is 2.65. The Morgan fingerprint density at radius 2 is 1.73 bits per heavy atom. The van der Waals surface area contributed by atoms with Gasteiger partial charge < -0.3 is 34.1 Å². The molecule has 1 aliphatic carbocycles. The molecule has 2 aromatic carbocycles. The van der Waals surface area contributed by atoms with Crippen molar-refractivity contribution in [2.24, 2.45) is 5.41 Å². The molecule has 2 fully saturated rings. The van der Waals surface area contributed by atoms with Crippen LogP contribution in [0, 0.1) is 5.41 Å². The van der Waals surface area contributed by atoms with Gasteiger partial charge in [0.05, 0.1) is 45.0 Å². The molecule has 0 saturated carbocycles. The largest absolute Gasteiger partial charge is 0.508 e. The van der Waals surface area contributed by atoms with Gasteiger partial charge in [0.1, 0.15) is 11.9 Å². The summed E-state index contributed by atoms with van der Waals surface area (Å²) in [6.45, 7) is 3.71. The number of anilines is 1. The number of rotatable bonds is 7. The fraction of sp³-hybridized carbons (Fsp3) is 0.484. The van der Waals surface area contributed by atoms with E-state index < -0.39 is 28.9 Å². The molecule has 4 atom stereocenters. The maximum atomic E-state index is 13.7. The average Bonchev–Trinajstić information content (AvgIpc) is 3.54. The second kappa shape index (κ2) is 9.87. The van der Waals surface area contributed by atoms with Crippen LogP contribution in [0.4, 0.5) is 5.69 Å². The van der Waals surface area contributed by atoms with Crippen molar-refractivity contribution >= 4 is 17.6 Å². The highest BCUT2D eigenvalue weighted by Gasteiger charge is 2.68. The van der Waals surface area contributed by atoms with Gasteiger partial charge in [0.15, 0.2) is 11.5 Å². The number of fused-ring (bicyclic) bond motifs is 1. The summed E-state index contributed by atoms with van der Waals surface area (Å²) in [4.78, 5) is 29.5. The van der Waals surface area contributed by atoms with E-state index in [1.807, 2.05) is 13.0 Å². The van der Waals surface area contributed by atoms with Gasteiger partial charge in [-0.2, -0.15) is 0 Å². The summed E-state index contributed by atoms with van der Waals surface area (Å²) in [5.41, 5.74) is 2.47. The van der Waals surface area contributed by atoms with E-state index in [4.69, 9.17) is 23.7 Å². The summed E-state index contributed by atoms with van der Waals surface area (Å²) in [5.74, 6) is 0.356. The van der Waals surface area contributed by atoms with Crippen LogP contribution in [0.25, 0.3) is 0 Å². The van der Waals surface area contributed by atoms with E-state index in [2.05, 4.69) is 10.2 Å². The number of hydrogen-bond acceptors (Lipinski definition) is 10. The first-order chi connectivity index (χ1) is 19.7. The Hall–Kier alpha value is -3.92. The summed E-state index contributed by atoms with van der Waals surface area (Å²) in [5, 5.41) is 13.8. The van der Waals surface area contributed by atoms with Crippen molar-refractivity contribution in [2.45, 2.75) is 50.2 Å². The number of benzene rings is 2. The molecule has 2 saturated heterocycles. The summed E-state index contributed by atoms with van der Waals surface area (Å²) in [6.07, 6.45) is 2.35. The number of carbonyl (C=O) groups excluding carboxylic acids is 2. The van der Waals surface area contributed by atoms with Crippen molar-refractivity contribution in [1.82, 2.24) is 4.90 Å². The molecule has 6 rings (SSSR count). The number of phenols is 1. The molecule has 41 heavy (non-hydrogen) atoms. The molecular weight excluding hydrogens is 528 g/mol. The van der Waals surface area contributed by atoms with Crippen LogP contribution in [0.5, 0.6) is 23.0 Å². The predicted molar refractivity (Wildman–Crippen MR) is 150 cm³/mol. The lowest BCUT2D eigenvalue weighted by molar-refractivity contribution is -0.138. The Morgan fingerprint density at radius 1 is 1.00 bits per heavy atom. The first kappa shape index (κ1) is 27.3. The number of nitrogens with one attached hydrogen (secondary N) is 1. The molecule has 10 heteroatoms. The van der Waals surface area contributed by atoms with Gasteiger partial charge in [-0.3, -0.25) is 4.90 Å². The van der Waals surface area contributed by atoms with Crippen molar-refractivity contribution in [2.75, 3.05) is 46.8 Å². The van der Waals surface area contributed by atoms with E-state index in [1.165, 1.54) is 28.4 Å². The summed E-state index contributed by atoms with van der Waals surface area (Å²) in [7, 11) is 5.90. The number of ether oxygens (including phenoxy) is 5. The molecule has 10 nitrogen and oxygen atoms in total. The van der Waals surface area contributed by atoms with Crippen LogP contribution >= 0.6 is 0 Å². The second-order valence-corrected chi connectivity index (χ2v) is 11.3. The molecule has 218 valence electrons. The first-order valence-electron chi connectivity index (χ1n) is 13.9. The zero-order chi connectivity index (χ0) is 29.1. The third-order valence-corrected chi connectivity index (χ3v) is 9.68. The highest BCUT2D eigenvalue weighted by molar-refractivity contribution is 5.94. The number of carbonyl (C=O) groups is 2. The monoisotopic (exact) mass is 564 g/mol. The Balaban J connectivity index is 1.44. The number of hydrogen-bond donors (Lipinski definition) is 2. The second-order valence-electron chi connectivity index (χ2n) is 11.3. The Labute approximate surface area is 239 Å². The number of nitrogens with zero attached hydrogens (tertiary/aromatic N) is 1. The van der Waals surface area contributed by atoms with Crippen LogP contribution in [-0.4, -0.2) is 75.6 Å². The minimum absolute atomic E-state index is 0.0202. The van der Waals surface area contributed by atoms with Crippen molar-refractivity contribution in [3.63, 3.8) is 0 Å². The Bertz CT molecular complexity index is 1430. The van der Waals surface area contributed by atoms with Crippen LogP contribution in [0.15, 0.2) is 41.6 Å². The zero-order valence-electron chi connectivity index (χ0n) is 24.0. The maximum Gasteiger partial charge on any atom is 0.338 e. The third kappa shape index (κ3) is 3.80. The van der Waals surface area contributed by atoms with Crippen LogP contribution in [0.3, 0.4) is 0 Å². The standard InChI is InChI=1S/C31H36N2O8/c1-17(41-27(35)18-13-23(37-2)25(39-4)24(14-18)38-3)30-9-6-11-33-12-10-31(29(30)33)21-8-7-19(34)15-22(21)32-26(31)20(16-30)28(36)40-5/h7-8,13-15,17,29,32,34H,6,9-12,16H2,1-5H3/t17-,29-,30-,31-/m0/s1. The molecule has 4 aliphatic rings. The normalized spacial score (nSPS) is 26.7. The lowest BCUT2D eigenvalue weighted by atomic mass is 9.53. The van der Waals surface area contributed by atoms with E-state index in [0.29, 0.717) is 29.2 Å². The van der Waals surface area contributed by atoms with Crippen LogP contribution < -0.4 is 19.5 Å². The van der Waals surface area contributed by atoms with Gasteiger partial charge in [-0.1, -0.05) is 6.07 Å². The third-order valence-electron chi connectivity index (χ3n) is 9.68. The molecule has 0 radical (unpaired) electrons. The smallest absolute Gasteiger partial charge is 0.338 e. The van der Waals surface area contributed by atoms with Gasteiger partial charge in [0, 0.05) is 28.9 Å². The molecule has 0 aromatic heterocycles. The lowest BCUT2D eigenvalue weighted by Gasteiger charge is -2.57. The van der Waals surface area contributed by atoms with E-state index >= 15 is 0 Å². The van der Waals surface area contributed by atoms with Crippen molar-refractivity contribution in [3.05, 3.63) is 52.7 Å². The van der Waals surface area contributed by atoms with Crippen LogP contribution in [0.1, 0.15) is 48.5 Å². The minimum Gasteiger partial charge on any atom is -0.508 e. The van der Waals surface area contributed by atoms with Crippen LogP contribution in [-0.2, 0) is 19.7 Å². The van der Waals surface area contributed by atoms with Gasteiger partial charge in [0.25, 0.3) is 0 Å². The van der Waals surface area contributed by atoms with Gasteiger partial charge >= 0.3 is 11.9 Å².